The lowest BCUT2D eigenvalue weighted by molar-refractivity contribution is 0.0957. The Bertz CT molecular complexity index is 293. The lowest BCUT2D eigenvalue weighted by Gasteiger charge is -2.37. The van der Waals surface area contributed by atoms with Gasteiger partial charge in [-0.05, 0) is 87.9 Å². The summed E-state index contributed by atoms with van der Waals surface area (Å²) in [6.07, 6.45) is 22.1. The second-order valence-electron chi connectivity index (χ2n) is 7.83. The molecule has 0 bridgehead atoms. The van der Waals surface area contributed by atoms with Crippen LogP contribution in [0.4, 0.5) is 0 Å². The summed E-state index contributed by atoms with van der Waals surface area (Å²) in [4.78, 5) is 0. The van der Waals surface area contributed by atoms with Crippen molar-refractivity contribution in [1.29, 1.82) is 0 Å². The zero-order valence-corrected chi connectivity index (χ0v) is 15.1. The van der Waals surface area contributed by atoms with E-state index in [1.165, 1.54) is 77.0 Å². The van der Waals surface area contributed by atoms with E-state index in [0.717, 1.165) is 30.3 Å². The SMILES string of the molecule is CCCCCC=C[C@H]1CC[C@H]([C@H]2CC[C@H](COC)CC2)CC1. The van der Waals surface area contributed by atoms with Gasteiger partial charge in [0.05, 0.1) is 0 Å². The zero-order valence-electron chi connectivity index (χ0n) is 15.1. The maximum absolute atomic E-state index is 5.33. The van der Waals surface area contributed by atoms with Crippen LogP contribution in [0.1, 0.15) is 84.0 Å². The van der Waals surface area contributed by atoms with Crippen molar-refractivity contribution in [1.82, 2.24) is 0 Å². The number of rotatable bonds is 8. The van der Waals surface area contributed by atoms with Gasteiger partial charge in [-0.2, -0.15) is 0 Å². The molecule has 2 aliphatic rings. The molecule has 0 saturated heterocycles. The summed E-state index contributed by atoms with van der Waals surface area (Å²) in [5.41, 5.74) is 0. The molecule has 0 aromatic rings. The van der Waals surface area contributed by atoms with E-state index in [1.807, 2.05) is 7.11 Å². The molecular formula is C21H38O. The Morgan fingerprint density at radius 3 is 2.09 bits per heavy atom. The lowest BCUT2D eigenvalue weighted by Crippen LogP contribution is -2.26. The Kier molecular flexibility index (Phi) is 8.59. The fraction of sp³-hybridized carbons (Fsp3) is 0.905. The summed E-state index contributed by atoms with van der Waals surface area (Å²) < 4.78 is 5.33. The first-order valence-corrected chi connectivity index (χ1v) is 9.99. The molecule has 0 aliphatic heterocycles. The summed E-state index contributed by atoms with van der Waals surface area (Å²) in [6, 6.07) is 0. The molecule has 128 valence electrons. The summed E-state index contributed by atoms with van der Waals surface area (Å²) in [7, 11) is 1.85. The Hall–Kier alpha value is -0.300. The number of unbranched alkanes of at least 4 members (excludes halogenated alkanes) is 3. The standard InChI is InChI=1S/C21H38O/c1-3-4-5-6-7-8-18-9-13-20(14-10-18)21-15-11-19(12-16-21)17-22-2/h7-8,18-21H,3-6,9-17H2,1-2H3/t18-,19-,20-,21-. The van der Waals surface area contributed by atoms with Crippen LogP contribution in [0.5, 0.6) is 0 Å². The molecular weight excluding hydrogens is 268 g/mol. The number of hydrogen-bond acceptors (Lipinski definition) is 1. The van der Waals surface area contributed by atoms with Crippen LogP contribution in [-0.4, -0.2) is 13.7 Å². The molecule has 2 fully saturated rings. The van der Waals surface area contributed by atoms with E-state index in [2.05, 4.69) is 19.1 Å². The van der Waals surface area contributed by atoms with E-state index >= 15 is 0 Å². The fourth-order valence-corrected chi connectivity index (χ4v) is 4.67. The highest BCUT2D eigenvalue weighted by atomic mass is 16.5. The van der Waals surface area contributed by atoms with Gasteiger partial charge in [0.15, 0.2) is 0 Å². The summed E-state index contributed by atoms with van der Waals surface area (Å²) in [5.74, 6) is 3.81. The van der Waals surface area contributed by atoms with Gasteiger partial charge in [0.1, 0.15) is 0 Å². The van der Waals surface area contributed by atoms with Crippen LogP contribution >= 0.6 is 0 Å². The summed E-state index contributed by atoms with van der Waals surface area (Å²) in [6.45, 7) is 3.27. The zero-order chi connectivity index (χ0) is 15.6. The third kappa shape index (κ3) is 6.07. The van der Waals surface area contributed by atoms with Crippen LogP contribution in [0.15, 0.2) is 12.2 Å². The number of ether oxygens (including phenoxy) is 1. The summed E-state index contributed by atoms with van der Waals surface area (Å²) in [5, 5.41) is 0. The molecule has 2 aliphatic carbocycles. The molecule has 2 rings (SSSR count). The van der Waals surface area contributed by atoms with Gasteiger partial charge in [-0.1, -0.05) is 31.9 Å². The predicted molar refractivity (Wildman–Crippen MR) is 96.1 cm³/mol. The van der Waals surface area contributed by atoms with Crippen molar-refractivity contribution in [2.45, 2.75) is 84.0 Å². The van der Waals surface area contributed by atoms with E-state index in [9.17, 15) is 0 Å². The molecule has 0 N–H and O–H groups in total. The Balaban J connectivity index is 1.61. The molecule has 22 heavy (non-hydrogen) atoms. The molecule has 1 heteroatoms. The van der Waals surface area contributed by atoms with Gasteiger partial charge in [0, 0.05) is 13.7 Å². The Labute approximate surface area is 138 Å². The molecule has 0 amide bonds. The monoisotopic (exact) mass is 306 g/mol. The van der Waals surface area contributed by atoms with Gasteiger partial charge in [0.2, 0.25) is 0 Å². The normalized spacial score (nSPS) is 33.4. The van der Waals surface area contributed by atoms with Crippen molar-refractivity contribution >= 4 is 0 Å². The van der Waals surface area contributed by atoms with E-state index in [-0.39, 0.29) is 0 Å². The minimum absolute atomic E-state index is 0.851. The molecule has 0 atom stereocenters. The van der Waals surface area contributed by atoms with Crippen molar-refractivity contribution in [3.63, 3.8) is 0 Å². The van der Waals surface area contributed by atoms with Gasteiger partial charge >= 0.3 is 0 Å². The topological polar surface area (TPSA) is 9.23 Å². The molecule has 0 heterocycles. The third-order valence-electron chi connectivity index (χ3n) is 6.16. The minimum atomic E-state index is 0.851. The van der Waals surface area contributed by atoms with Crippen molar-refractivity contribution in [3.8, 4) is 0 Å². The van der Waals surface area contributed by atoms with Crippen molar-refractivity contribution < 1.29 is 4.74 Å². The van der Waals surface area contributed by atoms with Crippen LogP contribution in [0.3, 0.4) is 0 Å². The van der Waals surface area contributed by atoms with Crippen LogP contribution in [0.25, 0.3) is 0 Å². The van der Waals surface area contributed by atoms with Crippen molar-refractivity contribution in [2.24, 2.45) is 23.7 Å². The van der Waals surface area contributed by atoms with E-state index in [0.29, 0.717) is 0 Å². The van der Waals surface area contributed by atoms with Gasteiger partial charge < -0.3 is 4.74 Å². The smallest absolute Gasteiger partial charge is 0.0490 e. The molecule has 0 unspecified atom stereocenters. The average Bonchev–Trinajstić information content (AvgIpc) is 2.56. The Morgan fingerprint density at radius 2 is 1.50 bits per heavy atom. The maximum atomic E-state index is 5.33. The quantitative estimate of drug-likeness (QED) is 0.373. The molecule has 2 saturated carbocycles. The first-order chi connectivity index (χ1) is 10.8. The third-order valence-corrected chi connectivity index (χ3v) is 6.16. The number of hydrogen-bond donors (Lipinski definition) is 0. The maximum Gasteiger partial charge on any atom is 0.0490 e. The molecule has 0 spiro atoms. The highest BCUT2D eigenvalue weighted by molar-refractivity contribution is 4.92. The average molecular weight is 307 g/mol. The van der Waals surface area contributed by atoms with Crippen LogP contribution < -0.4 is 0 Å². The highest BCUT2D eigenvalue weighted by Crippen LogP contribution is 2.41. The van der Waals surface area contributed by atoms with E-state index in [1.54, 1.807) is 0 Å². The van der Waals surface area contributed by atoms with Gasteiger partial charge in [-0.25, -0.2) is 0 Å². The van der Waals surface area contributed by atoms with Crippen molar-refractivity contribution in [3.05, 3.63) is 12.2 Å². The molecule has 0 aromatic heterocycles. The fourth-order valence-electron chi connectivity index (χ4n) is 4.67. The van der Waals surface area contributed by atoms with Gasteiger partial charge in [0.25, 0.3) is 0 Å². The number of allylic oxidation sites excluding steroid dienone is 2. The molecule has 0 radical (unpaired) electrons. The lowest BCUT2D eigenvalue weighted by atomic mass is 9.69. The predicted octanol–water partition coefficient (Wildman–Crippen LogP) is 6.38. The van der Waals surface area contributed by atoms with Gasteiger partial charge in [-0.15, -0.1) is 0 Å². The minimum Gasteiger partial charge on any atom is -0.384 e. The highest BCUT2D eigenvalue weighted by Gasteiger charge is 2.30. The molecule has 0 aromatic carbocycles. The molecule has 1 nitrogen and oxygen atoms in total. The van der Waals surface area contributed by atoms with Gasteiger partial charge in [-0.3, -0.25) is 0 Å². The van der Waals surface area contributed by atoms with Crippen LogP contribution in [0.2, 0.25) is 0 Å². The van der Waals surface area contributed by atoms with E-state index < -0.39 is 0 Å². The van der Waals surface area contributed by atoms with Crippen LogP contribution in [0, 0.1) is 23.7 Å². The largest absolute Gasteiger partial charge is 0.384 e. The first kappa shape index (κ1) is 18.0. The van der Waals surface area contributed by atoms with E-state index in [4.69, 9.17) is 4.74 Å². The second kappa shape index (κ2) is 10.5. The number of methoxy groups -OCH3 is 1. The Morgan fingerprint density at radius 1 is 0.864 bits per heavy atom. The second-order valence-corrected chi connectivity index (χ2v) is 7.83. The summed E-state index contributed by atoms with van der Waals surface area (Å²) >= 11 is 0. The van der Waals surface area contributed by atoms with Crippen molar-refractivity contribution in [2.75, 3.05) is 13.7 Å². The van der Waals surface area contributed by atoms with Crippen LogP contribution in [-0.2, 0) is 4.74 Å². The first-order valence-electron chi connectivity index (χ1n) is 9.99.